The second kappa shape index (κ2) is 8.93. The van der Waals surface area contributed by atoms with Crippen molar-refractivity contribution in [1.82, 2.24) is 20.2 Å². The van der Waals surface area contributed by atoms with Crippen molar-refractivity contribution in [2.45, 2.75) is 43.1 Å². The number of anilines is 1. The summed E-state index contributed by atoms with van der Waals surface area (Å²) in [5, 5.41) is 24.6. The number of nitrogens with one attached hydrogen (secondary N) is 1. The van der Waals surface area contributed by atoms with Crippen LogP contribution in [0.3, 0.4) is 0 Å². The molecule has 11 nitrogen and oxygen atoms in total. The second-order valence-corrected chi connectivity index (χ2v) is 11.4. The van der Waals surface area contributed by atoms with Gasteiger partial charge in [0.05, 0.1) is 11.7 Å². The summed E-state index contributed by atoms with van der Waals surface area (Å²) in [6.07, 6.45) is 0.843. The standard InChI is InChI=1S/C18H17ClN6O5S3/c1-5-6(2)31-18(21-5)32-8-4-3-7-9(15(27)25(7)12(8)16(28)29)22-14(26)11(24-30)10-13(19)33-17(20)23-10/h7,9,30H,3-4H2,1-2H3,(H2,20,23)(H,22,26)(H,28,29). The molecule has 174 valence electrons. The number of aryl methyl sites for hydroxylation is 2. The van der Waals surface area contributed by atoms with E-state index in [1.165, 1.54) is 28.0 Å². The van der Waals surface area contributed by atoms with Crippen LogP contribution in [-0.4, -0.2) is 60.8 Å². The molecule has 0 radical (unpaired) electrons. The SMILES string of the molecule is Cc1nc(SC2=C(C(=O)O)N3C(=O)C(NC(=O)C(=NO)c4nc(N)sc4Cl)C3CC2)sc1C. The molecule has 0 saturated carbocycles. The molecular weight excluding hydrogens is 512 g/mol. The van der Waals surface area contributed by atoms with Crippen LogP contribution in [0.1, 0.15) is 29.1 Å². The number of carboxylic acids is 1. The van der Waals surface area contributed by atoms with Crippen molar-refractivity contribution >= 4 is 74.7 Å². The summed E-state index contributed by atoms with van der Waals surface area (Å²) in [6.45, 7) is 3.81. The number of aliphatic carboxylic acids is 1. The Labute approximate surface area is 204 Å². The van der Waals surface area contributed by atoms with Crippen LogP contribution in [0.4, 0.5) is 5.13 Å². The molecule has 1 saturated heterocycles. The van der Waals surface area contributed by atoms with Crippen LogP contribution >= 0.6 is 46.0 Å². The number of carbonyl (C=O) groups is 3. The van der Waals surface area contributed by atoms with Gasteiger partial charge in [-0.3, -0.25) is 14.5 Å². The summed E-state index contributed by atoms with van der Waals surface area (Å²) >= 11 is 9.59. The molecule has 2 unspecified atom stereocenters. The molecule has 33 heavy (non-hydrogen) atoms. The van der Waals surface area contributed by atoms with Gasteiger partial charge in [-0.05, 0) is 26.7 Å². The molecule has 2 amide bonds. The maximum Gasteiger partial charge on any atom is 0.353 e. The number of thioether (sulfide) groups is 1. The normalized spacial score (nSPS) is 20.5. The first kappa shape index (κ1) is 23.5. The zero-order valence-electron chi connectivity index (χ0n) is 17.2. The number of carbonyl (C=O) groups excluding carboxylic acids is 2. The first-order chi connectivity index (χ1) is 15.6. The lowest BCUT2D eigenvalue weighted by atomic mass is 9.86. The first-order valence-electron chi connectivity index (χ1n) is 9.48. The molecule has 2 aliphatic rings. The van der Waals surface area contributed by atoms with E-state index in [2.05, 4.69) is 20.4 Å². The van der Waals surface area contributed by atoms with Gasteiger partial charge in [-0.15, -0.1) is 11.3 Å². The highest BCUT2D eigenvalue weighted by Crippen LogP contribution is 2.44. The van der Waals surface area contributed by atoms with Gasteiger partial charge in [0, 0.05) is 9.78 Å². The van der Waals surface area contributed by atoms with Crippen molar-refractivity contribution < 1.29 is 24.7 Å². The van der Waals surface area contributed by atoms with E-state index in [0.29, 0.717) is 22.1 Å². The Morgan fingerprint density at radius 1 is 1.33 bits per heavy atom. The van der Waals surface area contributed by atoms with Gasteiger partial charge in [-0.1, -0.05) is 39.9 Å². The van der Waals surface area contributed by atoms with Gasteiger partial charge in [0.15, 0.2) is 15.2 Å². The molecular formula is C18H17ClN6O5S3. The van der Waals surface area contributed by atoms with Gasteiger partial charge < -0.3 is 21.4 Å². The zero-order chi connectivity index (χ0) is 24.0. The number of thiazole rings is 2. The molecule has 0 aromatic carbocycles. The number of carboxylic acid groups (broad SMARTS) is 1. The Morgan fingerprint density at radius 3 is 2.61 bits per heavy atom. The lowest BCUT2D eigenvalue weighted by molar-refractivity contribution is -0.155. The van der Waals surface area contributed by atoms with Gasteiger partial charge in [0.25, 0.3) is 11.8 Å². The third kappa shape index (κ3) is 4.18. The fourth-order valence-electron chi connectivity index (χ4n) is 3.59. The van der Waals surface area contributed by atoms with Crippen LogP contribution < -0.4 is 11.1 Å². The molecule has 2 aliphatic heterocycles. The second-order valence-electron chi connectivity index (χ2n) is 7.19. The van der Waals surface area contributed by atoms with E-state index in [1.54, 1.807) is 0 Å². The van der Waals surface area contributed by atoms with Gasteiger partial charge in [-0.2, -0.15) is 0 Å². The van der Waals surface area contributed by atoms with Crippen LogP contribution in [0.2, 0.25) is 4.34 Å². The molecule has 2 aromatic heterocycles. The molecule has 2 atom stereocenters. The highest BCUT2D eigenvalue weighted by Gasteiger charge is 2.54. The van der Waals surface area contributed by atoms with E-state index in [-0.39, 0.29) is 20.9 Å². The van der Waals surface area contributed by atoms with Crippen LogP contribution in [0.5, 0.6) is 0 Å². The number of hydrogen-bond acceptors (Lipinski definition) is 11. The number of nitrogen functional groups attached to an aromatic ring is 1. The summed E-state index contributed by atoms with van der Waals surface area (Å²) in [4.78, 5) is 48.6. The number of nitrogens with two attached hydrogens (primary N) is 1. The van der Waals surface area contributed by atoms with Gasteiger partial charge >= 0.3 is 5.97 Å². The Morgan fingerprint density at radius 2 is 2.06 bits per heavy atom. The topological polar surface area (TPSA) is 171 Å². The van der Waals surface area contributed by atoms with E-state index in [0.717, 1.165) is 21.9 Å². The van der Waals surface area contributed by atoms with E-state index in [1.807, 2.05) is 13.8 Å². The molecule has 0 spiro atoms. The largest absolute Gasteiger partial charge is 0.477 e. The number of hydrogen-bond donors (Lipinski definition) is 4. The monoisotopic (exact) mass is 528 g/mol. The first-order valence-corrected chi connectivity index (χ1v) is 12.3. The predicted octanol–water partition coefficient (Wildman–Crippen LogP) is 2.21. The molecule has 0 aliphatic carbocycles. The van der Waals surface area contributed by atoms with Gasteiger partial charge in [-0.25, -0.2) is 14.8 Å². The number of allylic oxidation sites excluding steroid dienone is 1. The van der Waals surface area contributed by atoms with Crippen LogP contribution in [0, 0.1) is 13.8 Å². The molecule has 5 N–H and O–H groups in total. The van der Waals surface area contributed by atoms with Crippen molar-refractivity contribution in [1.29, 1.82) is 0 Å². The molecule has 4 heterocycles. The summed E-state index contributed by atoms with van der Waals surface area (Å²) in [5.74, 6) is -2.68. The van der Waals surface area contributed by atoms with E-state index in [9.17, 15) is 24.7 Å². The highest BCUT2D eigenvalue weighted by atomic mass is 35.5. The van der Waals surface area contributed by atoms with Gasteiger partial charge in [0.2, 0.25) is 0 Å². The number of nitrogens with zero attached hydrogens (tertiary/aromatic N) is 4. The summed E-state index contributed by atoms with van der Waals surface area (Å²) in [6, 6.07) is -1.53. The average Bonchev–Trinajstić information content (AvgIpc) is 3.25. The van der Waals surface area contributed by atoms with Crippen LogP contribution in [0.15, 0.2) is 20.1 Å². The fourth-order valence-corrected chi connectivity index (χ4v) is 6.90. The number of rotatable bonds is 6. The maximum absolute atomic E-state index is 12.9. The highest BCUT2D eigenvalue weighted by molar-refractivity contribution is 8.04. The van der Waals surface area contributed by atoms with Crippen LogP contribution in [-0.2, 0) is 14.4 Å². The zero-order valence-corrected chi connectivity index (χ0v) is 20.4. The number of aromatic nitrogens is 2. The average molecular weight is 529 g/mol. The summed E-state index contributed by atoms with van der Waals surface area (Å²) in [7, 11) is 0. The Balaban J connectivity index is 1.54. The van der Waals surface area contributed by atoms with E-state index in [4.69, 9.17) is 17.3 Å². The molecule has 15 heteroatoms. The van der Waals surface area contributed by atoms with Crippen molar-refractivity contribution in [2.75, 3.05) is 5.73 Å². The van der Waals surface area contributed by atoms with Crippen molar-refractivity contribution in [2.24, 2.45) is 5.16 Å². The molecule has 0 bridgehead atoms. The number of oxime groups is 1. The van der Waals surface area contributed by atoms with Gasteiger partial charge in [0.1, 0.15) is 21.8 Å². The molecule has 2 aromatic rings. The minimum atomic E-state index is -1.23. The van der Waals surface area contributed by atoms with Crippen molar-refractivity contribution in [3.63, 3.8) is 0 Å². The summed E-state index contributed by atoms with van der Waals surface area (Å²) < 4.78 is 0.762. The summed E-state index contributed by atoms with van der Waals surface area (Å²) in [5.41, 5.74) is 5.74. The quantitative estimate of drug-likeness (QED) is 0.190. The van der Waals surface area contributed by atoms with Crippen LogP contribution in [0.25, 0.3) is 0 Å². The fraction of sp³-hybridized carbons (Fsp3) is 0.333. The molecule has 1 fully saturated rings. The Kier molecular flexibility index (Phi) is 6.35. The number of β-lactam (4-membered cyclic amide) rings is 1. The van der Waals surface area contributed by atoms with E-state index >= 15 is 0 Å². The number of fused-ring (bicyclic) bond motifs is 1. The van der Waals surface area contributed by atoms with Crippen molar-refractivity contribution in [3.8, 4) is 0 Å². The van der Waals surface area contributed by atoms with E-state index < -0.39 is 35.6 Å². The lowest BCUT2D eigenvalue weighted by Crippen LogP contribution is -2.72. The third-order valence-corrected chi connectivity index (χ3v) is 8.60. The number of halogens is 1. The molecule has 4 rings (SSSR count). The minimum absolute atomic E-state index is 0.0557. The maximum atomic E-state index is 12.9. The predicted molar refractivity (Wildman–Crippen MR) is 124 cm³/mol. The number of amides is 2. The third-order valence-electron chi connectivity index (χ3n) is 5.24. The lowest BCUT2D eigenvalue weighted by Gasteiger charge is -2.49. The Hall–Kier alpha value is -2.68. The Bertz CT molecular complexity index is 1220. The minimum Gasteiger partial charge on any atom is -0.477 e. The van der Waals surface area contributed by atoms with Crippen molar-refractivity contribution in [3.05, 3.63) is 31.2 Å². The smallest absolute Gasteiger partial charge is 0.353 e.